The number of fused-ring (bicyclic) bond motifs is 1. The average molecular weight is 588 g/mol. The third kappa shape index (κ3) is 7.88. The lowest BCUT2D eigenvalue weighted by Crippen LogP contribution is -2.41. The molecule has 0 saturated carbocycles. The number of halogens is 4. The van der Waals surface area contributed by atoms with Crippen LogP contribution in [0.4, 0.5) is 17.6 Å². The van der Waals surface area contributed by atoms with Gasteiger partial charge in [-0.3, -0.25) is 4.79 Å². The average Bonchev–Trinajstić information content (AvgIpc) is 3.21. The Morgan fingerprint density at radius 1 is 1.00 bits per heavy atom. The van der Waals surface area contributed by atoms with Gasteiger partial charge in [-0.1, -0.05) is 48.6 Å². The van der Waals surface area contributed by atoms with E-state index in [9.17, 15) is 32.3 Å². The van der Waals surface area contributed by atoms with Crippen LogP contribution in [0.5, 0.6) is 11.5 Å². The van der Waals surface area contributed by atoms with Crippen LogP contribution in [0.2, 0.25) is 0 Å². The van der Waals surface area contributed by atoms with Gasteiger partial charge in [-0.05, 0) is 78.3 Å². The maximum atomic E-state index is 13.6. The van der Waals surface area contributed by atoms with Crippen LogP contribution in [0.15, 0.2) is 72.8 Å². The molecule has 0 heterocycles. The van der Waals surface area contributed by atoms with E-state index < -0.39 is 48.9 Å². The summed E-state index contributed by atoms with van der Waals surface area (Å²) in [6.45, 7) is -0.556. The van der Waals surface area contributed by atoms with Crippen molar-refractivity contribution in [3.8, 4) is 11.5 Å². The Bertz CT molecular complexity index is 1430. The molecule has 0 bridgehead atoms. The molecule has 3 aromatic rings. The molecule has 0 saturated heterocycles. The van der Waals surface area contributed by atoms with Gasteiger partial charge in [0.1, 0.15) is 11.5 Å². The van der Waals surface area contributed by atoms with Gasteiger partial charge >= 0.3 is 18.5 Å². The number of benzene rings is 3. The number of hydrogen-bond donors (Lipinski definition) is 3. The Morgan fingerprint density at radius 2 is 1.74 bits per heavy atom. The minimum absolute atomic E-state index is 0.0769. The van der Waals surface area contributed by atoms with Gasteiger partial charge in [-0.2, -0.15) is 17.6 Å². The number of allylic oxidation sites excluding steroid dienone is 1. The number of amides is 1. The number of carboxylic acid groups (broad SMARTS) is 1. The Balaban J connectivity index is 1.62. The van der Waals surface area contributed by atoms with Crippen molar-refractivity contribution in [3.05, 3.63) is 101 Å². The minimum atomic E-state index is -4.70. The van der Waals surface area contributed by atoms with Gasteiger partial charge < -0.3 is 25.0 Å². The van der Waals surface area contributed by atoms with E-state index in [1.165, 1.54) is 36.4 Å². The van der Waals surface area contributed by atoms with E-state index >= 15 is 0 Å². The molecule has 7 nitrogen and oxygen atoms in total. The number of aliphatic carboxylic acids is 1. The number of aliphatic hydroxyl groups is 1. The largest absolute Gasteiger partial charge is 0.482 e. The topological polar surface area (TPSA) is 105 Å². The number of aliphatic hydroxyl groups excluding tert-OH is 1. The molecule has 2 atom stereocenters. The molecule has 0 aliphatic heterocycles. The summed E-state index contributed by atoms with van der Waals surface area (Å²) in [6, 6.07) is 15.4. The van der Waals surface area contributed by atoms with Crippen molar-refractivity contribution >= 4 is 18.0 Å². The molecule has 3 N–H and O–H groups in total. The first-order chi connectivity index (χ1) is 20.0. The second-order valence-corrected chi connectivity index (χ2v) is 9.77. The minimum Gasteiger partial charge on any atom is -0.482 e. The summed E-state index contributed by atoms with van der Waals surface area (Å²) in [5.41, 5.74) is 2.86. The summed E-state index contributed by atoms with van der Waals surface area (Å²) in [4.78, 5) is 24.3. The molecule has 42 heavy (non-hydrogen) atoms. The van der Waals surface area contributed by atoms with E-state index in [-0.39, 0.29) is 12.2 Å². The first kappa shape index (κ1) is 30.6. The van der Waals surface area contributed by atoms with Crippen molar-refractivity contribution < 1.29 is 46.8 Å². The molecule has 1 aliphatic carbocycles. The molecular weight excluding hydrogens is 558 g/mol. The van der Waals surface area contributed by atoms with Gasteiger partial charge in [-0.25, -0.2) is 4.79 Å². The SMILES string of the molecule is O=C(O)COc1ccc(C(O)C(Cc2cccc(OC(F)(F)C(F)F)c2)NC(=O)c2cccc3c2C=CCCC3)cc1. The summed E-state index contributed by atoms with van der Waals surface area (Å²) in [6.07, 6.45) is -3.65. The van der Waals surface area contributed by atoms with E-state index in [1.807, 2.05) is 18.2 Å². The number of carboxylic acids is 1. The molecule has 0 aromatic heterocycles. The molecule has 4 rings (SSSR count). The highest BCUT2D eigenvalue weighted by Gasteiger charge is 2.44. The predicted molar refractivity (Wildman–Crippen MR) is 146 cm³/mol. The van der Waals surface area contributed by atoms with Crippen molar-refractivity contribution in [3.63, 3.8) is 0 Å². The van der Waals surface area contributed by atoms with Gasteiger partial charge in [0.25, 0.3) is 5.91 Å². The maximum absolute atomic E-state index is 13.6. The van der Waals surface area contributed by atoms with Crippen LogP contribution < -0.4 is 14.8 Å². The second kappa shape index (κ2) is 13.5. The van der Waals surface area contributed by atoms with Gasteiger partial charge in [0.15, 0.2) is 6.61 Å². The van der Waals surface area contributed by atoms with E-state index in [0.717, 1.165) is 42.5 Å². The van der Waals surface area contributed by atoms with Crippen LogP contribution in [-0.4, -0.2) is 47.3 Å². The fourth-order valence-electron chi connectivity index (χ4n) is 4.66. The number of hydrogen-bond acceptors (Lipinski definition) is 5. The number of carbonyl (C=O) groups is 2. The number of alkyl halides is 4. The molecule has 2 unspecified atom stereocenters. The zero-order chi connectivity index (χ0) is 30.3. The molecule has 3 aromatic carbocycles. The molecule has 0 fully saturated rings. The van der Waals surface area contributed by atoms with Crippen LogP contribution in [0.1, 0.15) is 51.6 Å². The number of carbonyl (C=O) groups excluding carboxylic acids is 1. The third-order valence-electron chi connectivity index (χ3n) is 6.69. The number of nitrogens with one attached hydrogen (secondary N) is 1. The molecule has 11 heteroatoms. The summed E-state index contributed by atoms with van der Waals surface area (Å²) < 4.78 is 61.7. The number of ether oxygens (including phenoxy) is 2. The van der Waals surface area contributed by atoms with Crippen LogP contribution in [0.3, 0.4) is 0 Å². The van der Waals surface area contributed by atoms with Crippen LogP contribution in [0.25, 0.3) is 6.08 Å². The lowest BCUT2D eigenvalue weighted by atomic mass is 9.94. The molecule has 1 aliphatic rings. The number of rotatable bonds is 12. The van der Waals surface area contributed by atoms with E-state index in [1.54, 1.807) is 12.1 Å². The van der Waals surface area contributed by atoms with E-state index in [0.29, 0.717) is 16.7 Å². The molecule has 1 amide bonds. The molecule has 0 radical (unpaired) electrons. The van der Waals surface area contributed by atoms with Crippen molar-refractivity contribution in [2.45, 2.75) is 50.4 Å². The van der Waals surface area contributed by atoms with Gasteiger partial charge in [0.05, 0.1) is 12.1 Å². The maximum Gasteiger partial charge on any atom is 0.461 e. The Kier molecular flexibility index (Phi) is 9.84. The Labute approximate surface area is 239 Å². The summed E-state index contributed by atoms with van der Waals surface area (Å²) >= 11 is 0. The predicted octanol–water partition coefficient (Wildman–Crippen LogP) is 5.81. The smallest absolute Gasteiger partial charge is 0.461 e. The number of aryl methyl sites for hydroxylation is 1. The van der Waals surface area contributed by atoms with Crippen molar-refractivity contribution in [1.82, 2.24) is 5.32 Å². The monoisotopic (exact) mass is 587 g/mol. The van der Waals surface area contributed by atoms with Crippen LogP contribution in [-0.2, 0) is 17.6 Å². The fraction of sp³-hybridized carbons (Fsp3) is 0.290. The normalized spacial score (nSPS) is 14.4. The fourth-order valence-corrected chi connectivity index (χ4v) is 4.66. The molecule has 0 spiro atoms. The lowest BCUT2D eigenvalue weighted by molar-refractivity contribution is -0.253. The van der Waals surface area contributed by atoms with Crippen LogP contribution >= 0.6 is 0 Å². The Morgan fingerprint density at radius 3 is 2.45 bits per heavy atom. The molecular formula is C31H29F4NO6. The highest BCUT2D eigenvalue weighted by Crippen LogP contribution is 2.30. The van der Waals surface area contributed by atoms with Gasteiger partial charge in [0.2, 0.25) is 0 Å². The third-order valence-corrected chi connectivity index (χ3v) is 6.69. The first-order valence-electron chi connectivity index (χ1n) is 13.2. The van der Waals surface area contributed by atoms with Crippen molar-refractivity contribution in [1.29, 1.82) is 0 Å². The van der Waals surface area contributed by atoms with Crippen LogP contribution in [0, 0.1) is 0 Å². The summed E-state index contributed by atoms with van der Waals surface area (Å²) in [5.74, 6) is -1.89. The highest BCUT2D eigenvalue weighted by molar-refractivity contribution is 5.98. The highest BCUT2D eigenvalue weighted by atomic mass is 19.3. The van der Waals surface area contributed by atoms with E-state index in [2.05, 4.69) is 10.1 Å². The van der Waals surface area contributed by atoms with Gasteiger partial charge in [-0.15, -0.1) is 0 Å². The Hall–Kier alpha value is -4.38. The zero-order valence-electron chi connectivity index (χ0n) is 22.3. The molecule has 222 valence electrons. The lowest BCUT2D eigenvalue weighted by Gasteiger charge is -2.26. The van der Waals surface area contributed by atoms with Gasteiger partial charge in [0, 0.05) is 5.56 Å². The van der Waals surface area contributed by atoms with Crippen molar-refractivity contribution in [2.24, 2.45) is 0 Å². The van der Waals surface area contributed by atoms with Crippen molar-refractivity contribution in [2.75, 3.05) is 6.61 Å². The van der Waals surface area contributed by atoms with E-state index in [4.69, 9.17) is 9.84 Å². The standard InChI is InChI=1S/C31H29F4NO6/c32-30(33)31(34,35)42-23-9-4-6-19(16-23)17-26(28(39)21-12-14-22(15-13-21)41-18-27(37)38)36-29(40)25-11-5-8-20-7-2-1-3-10-24(20)25/h3-6,8-16,26,28,30,39H,1-2,7,17-18H2,(H,36,40)(H,37,38). The second-order valence-electron chi connectivity index (χ2n) is 9.77. The summed E-state index contributed by atoms with van der Waals surface area (Å²) in [7, 11) is 0. The first-order valence-corrected chi connectivity index (χ1v) is 13.2. The quantitative estimate of drug-likeness (QED) is 0.231. The summed E-state index contributed by atoms with van der Waals surface area (Å²) in [5, 5.41) is 23.0. The zero-order valence-corrected chi connectivity index (χ0v) is 22.3.